The molecule has 4 heteroatoms. The molecule has 2 nitrogen and oxygen atoms in total. The van der Waals surface area contributed by atoms with Gasteiger partial charge in [0, 0.05) is 19.7 Å². The monoisotopic (exact) mass is 370 g/mol. The second-order valence-electron chi connectivity index (χ2n) is 4.67. The third-order valence-corrected chi connectivity index (χ3v) is 3.85. The quantitative estimate of drug-likeness (QED) is 0.655. The topological polar surface area (TPSA) is 29.3 Å². The summed E-state index contributed by atoms with van der Waals surface area (Å²) >= 11 is 1.94. The molecule has 0 aliphatic carbocycles. The Labute approximate surface area is 126 Å². The zero-order chi connectivity index (χ0) is 14.0. The van der Waals surface area contributed by atoms with E-state index in [0.29, 0.717) is 15.8 Å². The number of hydrogen-bond donors (Lipinski definition) is 1. The van der Waals surface area contributed by atoms with Gasteiger partial charge in [-0.15, -0.1) is 0 Å². The molecule has 2 rings (SSSR count). The Morgan fingerprint density at radius 3 is 2.47 bits per heavy atom. The van der Waals surface area contributed by atoms with Gasteiger partial charge in [-0.25, -0.2) is 4.39 Å². The van der Waals surface area contributed by atoms with Gasteiger partial charge in [-0.1, -0.05) is 29.8 Å². The number of nitrogens with two attached hydrogens (primary N) is 1. The van der Waals surface area contributed by atoms with Gasteiger partial charge in [-0.3, -0.25) is 0 Å². The number of hydrogen-bond acceptors (Lipinski definition) is 2. The van der Waals surface area contributed by atoms with Crippen LogP contribution in [0.15, 0.2) is 36.4 Å². The first-order chi connectivity index (χ1) is 8.97. The minimum atomic E-state index is -0.236. The van der Waals surface area contributed by atoms with Crippen molar-refractivity contribution < 1.29 is 4.39 Å². The number of nitrogens with zero attached hydrogens (tertiary/aromatic N) is 1. The molecule has 0 atom stereocenters. The summed E-state index contributed by atoms with van der Waals surface area (Å²) in [4.78, 5) is 1.96. The fourth-order valence-corrected chi connectivity index (χ4v) is 2.43. The molecule has 0 heterocycles. The molecule has 0 aliphatic rings. The van der Waals surface area contributed by atoms with Crippen LogP contribution in [-0.4, -0.2) is 7.05 Å². The summed E-state index contributed by atoms with van der Waals surface area (Å²) < 4.78 is 14.2. The van der Waals surface area contributed by atoms with E-state index in [-0.39, 0.29) is 5.82 Å². The lowest BCUT2D eigenvalue weighted by Crippen LogP contribution is -2.18. The van der Waals surface area contributed by atoms with Gasteiger partial charge in [0.05, 0.1) is 14.9 Å². The van der Waals surface area contributed by atoms with Gasteiger partial charge in [0.15, 0.2) is 0 Å². The van der Waals surface area contributed by atoms with Crippen molar-refractivity contribution in [2.75, 3.05) is 17.7 Å². The first kappa shape index (κ1) is 14.1. The molecule has 0 unspecified atom stereocenters. The van der Waals surface area contributed by atoms with Crippen molar-refractivity contribution in [3.63, 3.8) is 0 Å². The predicted octanol–water partition coefficient (Wildman–Crippen LogP) is 3.96. The highest BCUT2D eigenvalue weighted by Gasteiger charge is 2.10. The molecule has 0 aromatic heterocycles. The zero-order valence-corrected chi connectivity index (χ0v) is 13.1. The minimum absolute atomic E-state index is 0.236. The molecule has 0 spiro atoms. The van der Waals surface area contributed by atoms with E-state index in [4.69, 9.17) is 5.73 Å². The van der Waals surface area contributed by atoms with Crippen LogP contribution in [0.5, 0.6) is 0 Å². The van der Waals surface area contributed by atoms with E-state index in [2.05, 4.69) is 31.2 Å². The SMILES string of the molecule is Cc1ccc(CN(C)c2cc(F)c(I)cc2N)cc1. The lowest BCUT2D eigenvalue weighted by molar-refractivity contribution is 0.620. The third-order valence-electron chi connectivity index (χ3n) is 3.02. The van der Waals surface area contributed by atoms with Crippen molar-refractivity contribution in [2.45, 2.75) is 13.5 Å². The van der Waals surface area contributed by atoms with Crippen LogP contribution < -0.4 is 10.6 Å². The fraction of sp³-hybridized carbons (Fsp3) is 0.200. The van der Waals surface area contributed by atoms with E-state index in [0.717, 1.165) is 5.69 Å². The Bertz CT molecular complexity index is 581. The van der Waals surface area contributed by atoms with E-state index in [1.165, 1.54) is 17.2 Å². The Morgan fingerprint density at radius 1 is 1.21 bits per heavy atom. The number of rotatable bonds is 3. The molecule has 0 saturated heterocycles. The number of benzene rings is 2. The molecule has 0 bridgehead atoms. The Kier molecular flexibility index (Phi) is 4.29. The van der Waals surface area contributed by atoms with Gasteiger partial charge in [-0.2, -0.15) is 0 Å². The van der Waals surface area contributed by atoms with Crippen molar-refractivity contribution in [1.82, 2.24) is 0 Å². The molecule has 2 aromatic carbocycles. The predicted molar refractivity (Wildman–Crippen MR) is 86.8 cm³/mol. The molecule has 19 heavy (non-hydrogen) atoms. The Morgan fingerprint density at radius 2 is 1.84 bits per heavy atom. The molecule has 0 radical (unpaired) electrons. The summed E-state index contributed by atoms with van der Waals surface area (Å²) in [5, 5.41) is 0. The van der Waals surface area contributed by atoms with Crippen molar-refractivity contribution in [2.24, 2.45) is 0 Å². The highest BCUT2D eigenvalue weighted by atomic mass is 127. The van der Waals surface area contributed by atoms with E-state index < -0.39 is 0 Å². The largest absolute Gasteiger partial charge is 0.397 e. The fourth-order valence-electron chi connectivity index (χ4n) is 1.93. The second kappa shape index (κ2) is 5.77. The molecular formula is C15H16FIN2. The standard InChI is InChI=1S/C15H16FIN2/c1-10-3-5-11(6-4-10)9-19(2)15-7-12(16)13(17)8-14(15)18/h3-8H,9,18H2,1-2H3. The first-order valence-corrected chi connectivity index (χ1v) is 7.06. The van der Waals surface area contributed by atoms with Crippen LogP contribution in [0.1, 0.15) is 11.1 Å². The van der Waals surface area contributed by atoms with Gasteiger partial charge < -0.3 is 10.6 Å². The van der Waals surface area contributed by atoms with Crippen molar-refractivity contribution in [1.29, 1.82) is 0 Å². The molecule has 2 N–H and O–H groups in total. The third kappa shape index (κ3) is 3.37. The summed E-state index contributed by atoms with van der Waals surface area (Å²) in [6.45, 7) is 2.75. The van der Waals surface area contributed by atoms with Crippen LogP contribution in [0, 0.1) is 16.3 Å². The first-order valence-electron chi connectivity index (χ1n) is 5.98. The van der Waals surface area contributed by atoms with Crippen molar-refractivity contribution in [3.05, 3.63) is 56.9 Å². The number of halogens is 2. The summed E-state index contributed by atoms with van der Waals surface area (Å²) in [5.74, 6) is -0.236. The average Bonchev–Trinajstić information content (AvgIpc) is 2.36. The maximum Gasteiger partial charge on any atom is 0.138 e. The smallest absolute Gasteiger partial charge is 0.138 e. The minimum Gasteiger partial charge on any atom is -0.397 e. The molecule has 0 amide bonds. The van der Waals surface area contributed by atoms with Crippen LogP contribution in [0.25, 0.3) is 0 Å². The normalized spacial score (nSPS) is 10.5. The average molecular weight is 370 g/mol. The van der Waals surface area contributed by atoms with Gasteiger partial charge in [0.2, 0.25) is 0 Å². The number of anilines is 2. The van der Waals surface area contributed by atoms with Crippen LogP contribution in [0.2, 0.25) is 0 Å². The van der Waals surface area contributed by atoms with E-state index >= 15 is 0 Å². The molecule has 100 valence electrons. The highest BCUT2D eigenvalue weighted by molar-refractivity contribution is 14.1. The van der Waals surface area contributed by atoms with Crippen molar-refractivity contribution >= 4 is 34.0 Å². The number of nitrogen functional groups attached to an aromatic ring is 1. The molecule has 0 saturated carbocycles. The van der Waals surface area contributed by atoms with Gasteiger partial charge in [0.1, 0.15) is 5.82 Å². The summed E-state index contributed by atoms with van der Waals surface area (Å²) in [7, 11) is 1.91. The lowest BCUT2D eigenvalue weighted by Gasteiger charge is -2.21. The van der Waals surface area contributed by atoms with Gasteiger partial charge in [0.25, 0.3) is 0 Å². The maximum atomic E-state index is 13.6. The Balaban J connectivity index is 2.22. The summed E-state index contributed by atoms with van der Waals surface area (Å²) in [6.07, 6.45) is 0. The van der Waals surface area contributed by atoms with Crippen LogP contribution in [0.3, 0.4) is 0 Å². The lowest BCUT2D eigenvalue weighted by atomic mass is 10.1. The summed E-state index contributed by atoms with van der Waals surface area (Å²) in [5.41, 5.74) is 9.67. The molecule has 2 aromatic rings. The number of aryl methyl sites for hydroxylation is 1. The van der Waals surface area contributed by atoms with Crippen LogP contribution in [0.4, 0.5) is 15.8 Å². The molecular weight excluding hydrogens is 354 g/mol. The van der Waals surface area contributed by atoms with Crippen molar-refractivity contribution in [3.8, 4) is 0 Å². The van der Waals surface area contributed by atoms with Gasteiger partial charge in [-0.05, 0) is 41.1 Å². The zero-order valence-electron chi connectivity index (χ0n) is 11.0. The van der Waals surface area contributed by atoms with E-state index in [1.54, 1.807) is 6.07 Å². The Hall–Kier alpha value is -1.30. The molecule has 0 fully saturated rings. The highest BCUT2D eigenvalue weighted by Crippen LogP contribution is 2.27. The summed E-state index contributed by atoms with van der Waals surface area (Å²) in [6, 6.07) is 11.4. The van der Waals surface area contributed by atoms with Crippen LogP contribution in [-0.2, 0) is 6.54 Å². The van der Waals surface area contributed by atoms with Crippen LogP contribution >= 0.6 is 22.6 Å². The maximum absolute atomic E-state index is 13.6. The van der Waals surface area contributed by atoms with E-state index in [1.807, 2.05) is 34.5 Å². The molecule has 0 aliphatic heterocycles. The van der Waals surface area contributed by atoms with E-state index in [9.17, 15) is 4.39 Å². The van der Waals surface area contributed by atoms with Gasteiger partial charge >= 0.3 is 0 Å². The second-order valence-corrected chi connectivity index (χ2v) is 5.83.